The molecular weight excluding hydrogens is 307 g/mol. The number of benzene rings is 2. The van der Waals surface area contributed by atoms with Crippen molar-refractivity contribution in [1.82, 2.24) is 5.32 Å². The van der Waals surface area contributed by atoms with Crippen LogP contribution in [0.4, 0.5) is 10.1 Å². The molecule has 2 amide bonds. The van der Waals surface area contributed by atoms with Crippen LogP contribution in [-0.2, 0) is 16.1 Å². The minimum Gasteiger partial charge on any atom is -0.352 e. The molecule has 0 aliphatic heterocycles. The van der Waals surface area contributed by atoms with Crippen molar-refractivity contribution < 1.29 is 14.0 Å². The van der Waals surface area contributed by atoms with E-state index in [0.29, 0.717) is 13.1 Å². The Bertz CT molecular complexity index is 714. The molecule has 4 nitrogen and oxygen atoms in total. The normalized spacial score (nSPS) is 10.3. The lowest BCUT2D eigenvalue weighted by Crippen LogP contribution is -2.34. The number of aryl methyl sites for hydroxylation is 1. The first-order chi connectivity index (χ1) is 11.5. The maximum absolute atomic E-state index is 12.8. The number of amides is 2. The van der Waals surface area contributed by atoms with Gasteiger partial charge in [0.05, 0.1) is 0 Å². The van der Waals surface area contributed by atoms with Crippen molar-refractivity contribution in [3.63, 3.8) is 0 Å². The van der Waals surface area contributed by atoms with Gasteiger partial charge in [-0.05, 0) is 36.2 Å². The Morgan fingerprint density at radius 3 is 2.38 bits per heavy atom. The largest absolute Gasteiger partial charge is 0.352 e. The zero-order valence-corrected chi connectivity index (χ0v) is 13.9. The second kappa shape index (κ2) is 8.24. The highest BCUT2D eigenvalue weighted by Crippen LogP contribution is 2.19. The van der Waals surface area contributed by atoms with Crippen LogP contribution in [0.3, 0.4) is 0 Å². The quantitative estimate of drug-likeness (QED) is 0.885. The number of nitrogens with one attached hydrogen (secondary N) is 1. The van der Waals surface area contributed by atoms with E-state index >= 15 is 0 Å². The van der Waals surface area contributed by atoms with Crippen molar-refractivity contribution in [2.24, 2.45) is 0 Å². The molecule has 0 saturated carbocycles. The van der Waals surface area contributed by atoms with Crippen LogP contribution >= 0.6 is 0 Å². The fraction of sp³-hybridized carbons (Fsp3) is 0.263. The molecule has 0 aromatic heterocycles. The topological polar surface area (TPSA) is 49.4 Å². The molecule has 0 radical (unpaired) electrons. The summed E-state index contributed by atoms with van der Waals surface area (Å²) < 4.78 is 12.8. The highest BCUT2D eigenvalue weighted by molar-refractivity contribution is 5.93. The molecule has 0 heterocycles. The van der Waals surface area contributed by atoms with Gasteiger partial charge in [0.15, 0.2) is 0 Å². The van der Waals surface area contributed by atoms with E-state index in [2.05, 4.69) is 5.32 Å². The Morgan fingerprint density at radius 2 is 1.75 bits per heavy atom. The third-order valence-electron chi connectivity index (χ3n) is 3.75. The van der Waals surface area contributed by atoms with Gasteiger partial charge in [-0.2, -0.15) is 0 Å². The zero-order valence-electron chi connectivity index (χ0n) is 13.9. The van der Waals surface area contributed by atoms with Gasteiger partial charge in [-0.15, -0.1) is 0 Å². The summed E-state index contributed by atoms with van der Waals surface area (Å²) >= 11 is 0. The van der Waals surface area contributed by atoms with Crippen LogP contribution in [0.15, 0.2) is 48.5 Å². The monoisotopic (exact) mass is 328 g/mol. The first-order valence-electron chi connectivity index (χ1n) is 7.82. The third-order valence-corrected chi connectivity index (χ3v) is 3.75. The van der Waals surface area contributed by atoms with Gasteiger partial charge in [0.25, 0.3) is 0 Å². The Labute approximate surface area is 141 Å². The van der Waals surface area contributed by atoms with E-state index in [1.807, 2.05) is 31.2 Å². The Morgan fingerprint density at radius 1 is 1.08 bits per heavy atom. The number of carbonyl (C=O) groups is 2. The minimum absolute atomic E-state index is 0.101. The number of nitrogens with zero attached hydrogens (tertiary/aromatic N) is 1. The van der Waals surface area contributed by atoms with Crippen LogP contribution in [0.1, 0.15) is 24.5 Å². The summed E-state index contributed by atoms with van der Waals surface area (Å²) in [4.78, 5) is 25.5. The van der Waals surface area contributed by atoms with Crippen LogP contribution < -0.4 is 10.2 Å². The summed E-state index contributed by atoms with van der Waals surface area (Å²) in [5, 5.41) is 2.78. The smallest absolute Gasteiger partial charge is 0.223 e. The highest BCUT2D eigenvalue weighted by atomic mass is 19.1. The molecule has 2 rings (SSSR count). The molecule has 0 bridgehead atoms. The molecule has 0 unspecified atom stereocenters. The van der Waals surface area contributed by atoms with E-state index in [-0.39, 0.29) is 24.1 Å². The Balaban J connectivity index is 1.90. The third kappa shape index (κ3) is 4.91. The number of carbonyl (C=O) groups excluding carboxylic acids is 2. The van der Waals surface area contributed by atoms with Gasteiger partial charge < -0.3 is 10.2 Å². The summed E-state index contributed by atoms with van der Waals surface area (Å²) in [5.74, 6) is -0.560. The van der Waals surface area contributed by atoms with Crippen LogP contribution in [0.25, 0.3) is 0 Å². The molecule has 0 atom stereocenters. The lowest BCUT2D eigenvalue weighted by atomic mass is 10.1. The fourth-order valence-corrected chi connectivity index (χ4v) is 2.42. The van der Waals surface area contributed by atoms with Gasteiger partial charge in [0, 0.05) is 32.1 Å². The predicted octanol–water partition coefficient (Wildman–Crippen LogP) is 3.19. The van der Waals surface area contributed by atoms with Crippen LogP contribution in [-0.4, -0.2) is 18.4 Å². The van der Waals surface area contributed by atoms with Gasteiger partial charge in [-0.25, -0.2) is 4.39 Å². The number of halogens is 1. The maximum atomic E-state index is 12.8. The van der Waals surface area contributed by atoms with Gasteiger partial charge >= 0.3 is 0 Å². The molecular formula is C19H21FN2O2. The molecule has 5 heteroatoms. The average molecular weight is 328 g/mol. The summed E-state index contributed by atoms with van der Waals surface area (Å²) in [6, 6.07) is 13.6. The van der Waals surface area contributed by atoms with Gasteiger partial charge in [0.1, 0.15) is 5.82 Å². The molecule has 0 aliphatic rings. The van der Waals surface area contributed by atoms with Crippen molar-refractivity contribution in [3.05, 3.63) is 65.5 Å². The molecule has 0 saturated heterocycles. The highest BCUT2D eigenvalue weighted by Gasteiger charge is 2.14. The van der Waals surface area contributed by atoms with Gasteiger partial charge in [0.2, 0.25) is 11.8 Å². The molecule has 1 N–H and O–H groups in total. The number of hydrogen-bond acceptors (Lipinski definition) is 2. The summed E-state index contributed by atoms with van der Waals surface area (Å²) in [6.45, 7) is 4.07. The lowest BCUT2D eigenvalue weighted by Gasteiger charge is -2.22. The number of para-hydroxylation sites is 1. The molecule has 126 valence electrons. The predicted molar refractivity (Wildman–Crippen MR) is 92.1 cm³/mol. The van der Waals surface area contributed by atoms with Crippen LogP contribution in [0.5, 0.6) is 0 Å². The summed E-state index contributed by atoms with van der Waals surface area (Å²) in [7, 11) is 0. The Kier molecular flexibility index (Phi) is 6.07. The lowest BCUT2D eigenvalue weighted by molar-refractivity contribution is -0.121. The standard InChI is InChI=1S/C19H21FN2O2/c1-14-5-3-4-6-18(14)22(15(2)23)12-11-19(24)21-13-16-7-9-17(20)10-8-16/h3-10H,11-13H2,1-2H3,(H,21,24). The van der Waals surface area contributed by atoms with Crippen molar-refractivity contribution >= 4 is 17.5 Å². The fourth-order valence-electron chi connectivity index (χ4n) is 2.42. The average Bonchev–Trinajstić information content (AvgIpc) is 2.56. The van der Waals surface area contributed by atoms with Crippen molar-refractivity contribution in [2.45, 2.75) is 26.8 Å². The molecule has 0 fully saturated rings. The minimum atomic E-state index is -0.305. The van der Waals surface area contributed by atoms with Crippen LogP contribution in [0.2, 0.25) is 0 Å². The summed E-state index contributed by atoms with van der Waals surface area (Å²) in [6.07, 6.45) is 0.203. The van der Waals surface area contributed by atoms with E-state index in [9.17, 15) is 14.0 Å². The SMILES string of the molecule is CC(=O)N(CCC(=O)NCc1ccc(F)cc1)c1ccccc1C. The van der Waals surface area contributed by atoms with Crippen molar-refractivity contribution in [3.8, 4) is 0 Å². The molecule has 2 aromatic carbocycles. The van der Waals surface area contributed by atoms with E-state index in [1.54, 1.807) is 17.0 Å². The molecule has 0 aliphatic carbocycles. The maximum Gasteiger partial charge on any atom is 0.223 e. The first kappa shape index (κ1) is 17.7. The first-order valence-corrected chi connectivity index (χ1v) is 7.82. The van der Waals surface area contributed by atoms with Crippen molar-refractivity contribution in [1.29, 1.82) is 0 Å². The zero-order chi connectivity index (χ0) is 17.5. The molecule has 2 aromatic rings. The Hall–Kier alpha value is -2.69. The second-order valence-corrected chi connectivity index (χ2v) is 5.61. The van der Waals surface area contributed by atoms with Gasteiger partial charge in [-0.3, -0.25) is 9.59 Å². The van der Waals surface area contributed by atoms with E-state index in [4.69, 9.17) is 0 Å². The summed E-state index contributed by atoms with van der Waals surface area (Å²) in [5.41, 5.74) is 2.63. The van der Waals surface area contributed by atoms with Crippen LogP contribution in [0, 0.1) is 12.7 Å². The second-order valence-electron chi connectivity index (χ2n) is 5.61. The van der Waals surface area contributed by atoms with E-state index in [1.165, 1.54) is 19.1 Å². The number of rotatable bonds is 6. The number of anilines is 1. The van der Waals surface area contributed by atoms with Crippen molar-refractivity contribution in [2.75, 3.05) is 11.4 Å². The van der Waals surface area contributed by atoms with E-state index < -0.39 is 0 Å². The molecule has 24 heavy (non-hydrogen) atoms. The number of hydrogen-bond donors (Lipinski definition) is 1. The van der Waals surface area contributed by atoms with E-state index in [0.717, 1.165) is 16.8 Å². The molecule has 0 spiro atoms. The van der Waals surface area contributed by atoms with Gasteiger partial charge in [-0.1, -0.05) is 30.3 Å².